The predicted octanol–water partition coefficient (Wildman–Crippen LogP) is 4.50. The van der Waals surface area contributed by atoms with E-state index in [4.69, 9.17) is 11.6 Å². The van der Waals surface area contributed by atoms with Gasteiger partial charge in [-0.15, -0.1) is 0 Å². The molecule has 1 atom stereocenters. The summed E-state index contributed by atoms with van der Waals surface area (Å²) in [6.45, 7) is 5.61. The van der Waals surface area contributed by atoms with Gasteiger partial charge in [-0.3, -0.25) is 13.9 Å². The van der Waals surface area contributed by atoms with Crippen molar-refractivity contribution >= 4 is 39.1 Å². The van der Waals surface area contributed by atoms with Gasteiger partial charge in [-0.2, -0.15) is 0 Å². The molecule has 0 aliphatic heterocycles. The summed E-state index contributed by atoms with van der Waals surface area (Å²) >= 11 is 6.07. The van der Waals surface area contributed by atoms with Crippen LogP contribution in [0.4, 0.5) is 5.69 Å². The van der Waals surface area contributed by atoms with Crippen LogP contribution in [0.1, 0.15) is 29.2 Å². The molecule has 7 nitrogen and oxygen atoms in total. The van der Waals surface area contributed by atoms with Crippen LogP contribution in [0, 0.1) is 13.8 Å². The molecule has 38 heavy (non-hydrogen) atoms. The molecule has 0 bridgehead atoms. The van der Waals surface area contributed by atoms with Gasteiger partial charge in [0.05, 0.1) is 11.9 Å². The number of rotatable bonds is 11. The van der Waals surface area contributed by atoms with E-state index < -0.39 is 28.5 Å². The lowest BCUT2D eigenvalue weighted by molar-refractivity contribution is -0.140. The van der Waals surface area contributed by atoms with Crippen LogP contribution >= 0.6 is 11.6 Å². The van der Waals surface area contributed by atoms with E-state index in [-0.39, 0.29) is 18.9 Å². The Morgan fingerprint density at radius 3 is 2.08 bits per heavy atom. The van der Waals surface area contributed by atoms with Crippen molar-refractivity contribution in [3.05, 3.63) is 100 Å². The Hall–Kier alpha value is -3.36. The first kappa shape index (κ1) is 29.2. The molecule has 0 aliphatic carbocycles. The van der Waals surface area contributed by atoms with Gasteiger partial charge in [0.2, 0.25) is 21.8 Å². The first-order chi connectivity index (χ1) is 18.0. The van der Waals surface area contributed by atoms with Crippen molar-refractivity contribution in [1.82, 2.24) is 10.2 Å². The second-order valence-electron chi connectivity index (χ2n) is 9.36. The zero-order valence-corrected chi connectivity index (χ0v) is 23.7. The van der Waals surface area contributed by atoms with Crippen LogP contribution in [0.3, 0.4) is 0 Å². The molecular weight excluding hydrogens is 522 g/mol. The maximum atomic E-state index is 14.0. The second kappa shape index (κ2) is 12.9. The fourth-order valence-electron chi connectivity index (χ4n) is 4.34. The summed E-state index contributed by atoms with van der Waals surface area (Å²) in [6, 6.07) is 21.0. The SMILES string of the molecule is CCNC(=O)[C@@H](Cc1ccccc1)N(Cc1ccc(Cl)cc1)C(=O)CN(c1cc(C)cc(C)c1)S(C)(=O)=O. The number of anilines is 1. The van der Waals surface area contributed by atoms with E-state index in [1.165, 1.54) is 4.90 Å². The number of amides is 2. The molecule has 0 saturated heterocycles. The van der Waals surface area contributed by atoms with Gasteiger partial charge < -0.3 is 10.2 Å². The number of benzene rings is 3. The van der Waals surface area contributed by atoms with Gasteiger partial charge in [0.25, 0.3) is 0 Å². The average Bonchev–Trinajstić information content (AvgIpc) is 2.85. The lowest BCUT2D eigenvalue weighted by Gasteiger charge is -2.33. The first-order valence-corrected chi connectivity index (χ1v) is 14.6. The molecule has 0 spiro atoms. The number of carbonyl (C=O) groups is 2. The summed E-state index contributed by atoms with van der Waals surface area (Å²) in [6.07, 6.45) is 1.35. The summed E-state index contributed by atoms with van der Waals surface area (Å²) < 4.78 is 26.8. The predicted molar refractivity (Wildman–Crippen MR) is 153 cm³/mol. The molecule has 0 saturated carbocycles. The van der Waals surface area contributed by atoms with Gasteiger partial charge in [-0.25, -0.2) is 8.42 Å². The Morgan fingerprint density at radius 2 is 1.53 bits per heavy atom. The molecule has 3 aromatic rings. The third kappa shape index (κ3) is 8.07. The Kier molecular flexibility index (Phi) is 9.94. The number of carbonyl (C=O) groups excluding carboxylic acids is 2. The van der Waals surface area contributed by atoms with Crippen LogP contribution in [-0.2, 0) is 32.6 Å². The molecule has 2 amide bonds. The zero-order valence-electron chi connectivity index (χ0n) is 22.1. The van der Waals surface area contributed by atoms with Gasteiger partial charge in [-0.05, 0) is 67.3 Å². The highest BCUT2D eigenvalue weighted by molar-refractivity contribution is 7.92. The molecule has 0 aliphatic rings. The molecular formula is C29H34ClN3O4S. The summed E-state index contributed by atoms with van der Waals surface area (Å²) in [7, 11) is -3.81. The topological polar surface area (TPSA) is 86.8 Å². The minimum atomic E-state index is -3.81. The van der Waals surface area contributed by atoms with E-state index in [1.807, 2.05) is 57.2 Å². The van der Waals surface area contributed by atoms with Crippen LogP contribution < -0.4 is 9.62 Å². The van der Waals surface area contributed by atoms with Crippen LogP contribution in [-0.4, -0.2) is 50.5 Å². The minimum Gasteiger partial charge on any atom is -0.355 e. The maximum absolute atomic E-state index is 14.0. The van der Waals surface area contributed by atoms with Crippen molar-refractivity contribution in [3.8, 4) is 0 Å². The summed E-state index contributed by atoms with van der Waals surface area (Å²) in [5.74, 6) is -0.798. The number of likely N-dealkylation sites (N-methyl/N-ethyl adjacent to an activating group) is 1. The Balaban J connectivity index is 2.05. The molecule has 0 aromatic heterocycles. The van der Waals surface area contributed by atoms with Gasteiger partial charge in [0, 0.05) is 24.5 Å². The molecule has 9 heteroatoms. The molecule has 0 radical (unpaired) electrons. The maximum Gasteiger partial charge on any atom is 0.244 e. The average molecular weight is 556 g/mol. The van der Waals surface area contributed by atoms with Gasteiger partial charge in [0.1, 0.15) is 12.6 Å². The monoisotopic (exact) mass is 555 g/mol. The quantitative estimate of drug-likeness (QED) is 0.377. The Morgan fingerprint density at radius 1 is 0.921 bits per heavy atom. The summed E-state index contributed by atoms with van der Waals surface area (Å²) in [4.78, 5) is 28.8. The number of hydrogen-bond donors (Lipinski definition) is 1. The number of sulfonamides is 1. The number of nitrogens with zero attached hydrogens (tertiary/aromatic N) is 2. The third-order valence-electron chi connectivity index (χ3n) is 6.06. The van der Waals surface area contributed by atoms with Gasteiger partial charge >= 0.3 is 0 Å². The zero-order chi connectivity index (χ0) is 27.9. The molecule has 202 valence electrons. The van der Waals surface area contributed by atoms with E-state index in [0.29, 0.717) is 17.3 Å². The Bertz CT molecular complexity index is 1340. The van der Waals surface area contributed by atoms with Crippen molar-refractivity contribution in [3.63, 3.8) is 0 Å². The minimum absolute atomic E-state index is 0.106. The summed E-state index contributed by atoms with van der Waals surface area (Å²) in [5.41, 5.74) is 3.81. The number of halogens is 1. The van der Waals surface area contributed by atoms with E-state index in [9.17, 15) is 18.0 Å². The summed E-state index contributed by atoms with van der Waals surface area (Å²) in [5, 5.41) is 3.39. The molecule has 0 fully saturated rings. The van der Waals surface area contributed by atoms with E-state index >= 15 is 0 Å². The van der Waals surface area contributed by atoms with Crippen LogP contribution in [0.2, 0.25) is 5.02 Å². The number of hydrogen-bond acceptors (Lipinski definition) is 4. The van der Waals surface area contributed by atoms with E-state index in [2.05, 4.69) is 5.32 Å². The van der Waals surface area contributed by atoms with Crippen molar-refractivity contribution in [2.45, 2.75) is 39.8 Å². The van der Waals surface area contributed by atoms with E-state index in [1.54, 1.807) is 36.4 Å². The second-order valence-corrected chi connectivity index (χ2v) is 11.7. The van der Waals surface area contributed by atoms with Crippen LogP contribution in [0.15, 0.2) is 72.8 Å². The molecule has 0 unspecified atom stereocenters. The van der Waals surface area contributed by atoms with Crippen molar-refractivity contribution in [1.29, 1.82) is 0 Å². The largest absolute Gasteiger partial charge is 0.355 e. The van der Waals surface area contributed by atoms with E-state index in [0.717, 1.165) is 32.8 Å². The van der Waals surface area contributed by atoms with Gasteiger partial charge in [-0.1, -0.05) is 60.1 Å². The third-order valence-corrected chi connectivity index (χ3v) is 7.45. The lowest BCUT2D eigenvalue weighted by Crippen LogP contribution is -2.53. The lowest BCUT2D eigenvalue weighted by atomic mass is 10.0. The highest BCUT2D eigenvalue weighted by Gasteiger charge is 2.32. The van der Waals surface area contributed by atoms with Crippen molar-refractivity contribution in [2.75, 3.05) is 23.7 Å². The van der Waals surface area contributed by atoms with Crippen LogP contribution in [0.25, 0.3) is 0 Å². The Labute approximate surface area is 230 Å². The van der Waals surface area contributed by atoms with Crippen LogP contribution in [0.5, 0.6) is 0 Å². The number of aryl methyl sites for hydroxylation is 2. The smallest absolute Gasteiger partial charge is 0.244 e. The highest BCUT2D eigenvalue weighted by Crippen LogP contribution is 2.23. The fraction of sp³-hybridized carbons (Fsp3) is 0.310. The van der Waals surface area contributed by atoms with Gasteiger partial charge in [0.15, 0.2) is 0 Å². The first-order valence-electron chi connectivity index (χ1n) is 12.4. The molecule has 3 rings (SSSR count). The fourth-order valence-corrected chi connectivity index (χ4v) is 5.30. The normalized spacial score (nSPS) is 12.0. The molecule has 0 heterocycles. The molecule has 1 N–H and O–H groups in total. The van der Waals surface area contributed by atoms with Crippen molar-refractivity contribution < 1.29 is 18.0 Å². The standard InChI is InChI=1S/C29H34ClN3O4S/c1-5-31-29(35)27(18-23-9-7-6-8-10-23)32(19-24-11-13-25(30)14-12-24)28(34)20-33(38(4,36)37)26-16-21(2)15-22(3)17-26/h6-17,27H,5,18-20H2,1-4H3,(H,31,35)/t27-/m1/s1. The molecule has 3 aromatic carbocycles. The number of nitrogens with one attached hydrogen (secondary N) is 1. The van der Waals surface area contributed by atoms with Crippen molar-refractivity contribution in [2.24, 2.45) is 0 Å². The highest BCUT2D eigenvalue weighted by atomic mass is 35.5.